The van der Waals surface area contributed by atoms with Crippen LogP contribution in [0.1, 0.15) is 16.1 Å². The van der Waals surface area contributed by atoms with E-state index in [1.165, 1.54) is 19.1 Å². The standard InChI is InChI=1S/C11H7BrFNO3/c1-5-8(11(15)16)10(14-17-5)9-6(12)3-2-4-7(9)13/h2-4H,1H3,(H,15,16). The van der Waals surface area contributed by atoms with E-state index in [2.05, 4.69) is 21.1 Å². The van der Waals surface area contributed by atoms with Gasteiger partial charge in [-0.15, -0.1) is 0 Å². The number of carboxylic acid groups (broad SMARTS) is 1. The van der Waals surface area contributed by atoms with Crippen LogP contribution in [0, 0.1) is 12.7 Å². The van der Waals surface area contributed by atoms with Gasteiger partial charge in [0, 0.05) is 4.47 Å². The Morgan fingerprint density at radius 2 is 2.24 bits per heavy atom. The quantitative estimate of drug-likeness (QED) is 0.924. The summed E-state index contributed by atoms with van der Waals surface area (Å²) in [5.74, 6) is -1.62. The van der Waals surface area contributed by atoms with Gasteiger partial charge in [0.25, 0.3) is 0 Å². The number of rotatable bonds is 2. The molecule has 0 spiro atoms. The third kappa shape index (κ3) is 1.95. The summed E-state index contributed by atoms with van der Waals surface area (Å²) in [5.41, 5.74) is -0.0578. The van der Waals surface area contributed by atoms with Crippen LogP contribution in [0.2, 0.25) is 0 Å². The van der Waals surface area contributed by atoms with Crippen LogP contribution in [0.15, 0.2) is 27.2 Å². The Kier molecular flexibility index (Phi) is 2.97. The summed E-state index contributed by atoms with van der Waals surface area (Å²) in [6.07, 6.45) is 0. The Morgan fingerprint density at radius 3 is 2.82 bits per heavy atom. The first-order valence-corrected chi connectivity index (χ1v) is 5.45. The van der Waals surface area contributed by atoms with Crippen LogP contribution in [-0.4, -0.2) is 16.2 Å². The van der Waals surface area contributed by atoms with E-state index in [1.54, 1.807) is 6.07 Å². The maximum atomic E-state index is 13.7. The Labute approximate surface area is 104 Å². The van der Waals surface area contributed by atoms with E-state index in [-0.39, 0.29) is 22.6 Å². The molecule has 2 rings (SSSR count). The molecule has 0 fully saturated rings. The molecule has 1 aromatic carbocycles. The van der Waals surface area contributed by atoms with Gasteiger partial charge in [0.1, 0.15) is 22.8 Å². The molecule has 1 aromatic heterocycles. The molecule has 0 atom stereocenters. The molecule has 88 valence electrons. The summed E-state index contributed by atoms with van der Waals surface area (Å²) in [4.78, 5) is 11.1. The van der Waals surface area contributed by atoms with E-state index in [4.69, 9.17) is 9.63 Å². The van der Waals surface area contributed by atoms with Gasteiger partial charge in [-0.25, -0.2) is 9.18 Å². The Bertz CT molecular complexity index is 574. The number of nitrogens with zero attached hydrogens (tertiary/aromatic N) is 1. The van der Waals surface area contributed by atoms with Crippen LogP contribution < -0.4 is 0 Å². The summed E-state index contributed by atoms with van der Waals surface area (Å²) in [6, 6.07) is 4.35. The molecular formula is C11H7BrFNO3. The lowest BCUT2D eigenvalue weighted by Crippen LogP contribution is -2.00. The minimum atomic E-state index is -1.20. The number of hydrogen-bond donors (Lipinski definition) is 1. The number of aromatic carboxylic acids is 1. The van der Waals surface area contributed by atoms with Gasteiger partial charge < -0.3 is 9.63 Å². The molecule has 0 radical (unpaired) electrons. The van der Waals surface area contributed by atoms with Crippen molar-refractivity contribution in [2.24, 2.45) is 0 Å². The smallest absolute Gasteiger partial charge is 0.341 e. The van der Waals surface area contributed by atoms with Crippen molar-refractivity contribution in [3.63, 3.8) is 0 Å². The Hall–Kier alpha value is -1.69. The summed E-state index contributed by atoms with van der Waals surface area (Å²) in [5, 5.41) is 12.6. The molecule has 0 aliphatic heterocycles. The fourth-order valence-electron chi connectivity index (χ4n) is 1.52. The average molecular weight is 300 g/mol. The third-order valence-electron chi connectivity index (χ3n) is 2.28. The van der Waals surface area contributed by atoms with Crippen molar-refractivity contribution in [1.29, 1.82) is 0 Å². The van der Waals surface area contributed by atoms with Gasteiger partial charge in [-0.1, -0.05) is 11.2 Å². The zero-order valence-corrected chi connectivity index (χ0v) is 10.3. The summed E-state index contributed by atoms with van der Waals surface area (Å²) >= 11 is 3.16. The topological polar surface area (TPSA) is 63.3 Å². The lowest BCUT2D eigenvalue weighted by Gasteiger charge is -2.03. The maximum absolute atomic E-state index is 13.7. The highest BCUT2D eigenvalue weighted by atomic mass is 79.9. The van der Waals surface area contributed by atoms with Crippen molar-refractivity contribution in [2.75, 3.05) is 0 Å². The van der Waals surface area contributed by atoms with Crippen molar-refractivity contribution in [1.82, 2.24) is 5.16 Å². The lowest BCUT2D eigenvalue weighted by atomic mass is 10.1. The summed E-state index contributed by atoms with van der Waals surface area (Å²) in [6.45, 7) is 1.47. The van der Waals surface area contributed by atoms with E-state index in [9.17, 15) is 9.18 Å². The van der Waals surface area contributed by atoms with Gasteiger partial charge in [0.2, 0.25) is 0 Å². The van der Waals surface area contributed by atoms with Crippen molar-refractivity contribution in [3.05, 3.63) is 39.8 Å². The molecule has 4 nitrogen and oxygen atoms in total. The molecule has 6 heteroatoms. The van der Waals surface area contributed by atoms with Gasteiger partial charge in [0.05, 0.1) is 5.56 Å². The number of aryl methyl sites for hydroxylation is 1. The van der Waals surface area contributed by atoms with Gasteiger partial charge in [-0.2, -0.15) is 0 Å². The molecule has 0 unspecified atom stereocenters. The van der Waals surface area contributed by atoms with E-state index in [0.717, 1.165) is 0 Å². The zero-order chi connectivity index (χ0) is 12.6. The largest absolute Gasteiger partial charge is 0.477 e. The Morgan fingerprint density at radius 1 is 1.53 bits per heavy atom. The van der Waals surface area contributed by atoms with Crippen LogP contribution in [0.4, 0.5) is 4.39 Å². The molecule has 17 heavy (non-hydrogen) atoms. The Balaban J connectivity index is 2.73. The normalized spacial score (nSPS) is 10.5. The molecule has 0 aliphatic rings. The molecule has 0 saturated heterocycles. The van der Waals surface area contributed by atoms with Crippen LogP contribution in [-0.2, 0) is 0 Å². The fraction of sp³-hybridized carbons (Fsp3) is 0.0909. The fourth-order valence-corrected chi connectivity index (χ4v) is 2.05. The minimum absolute atomic E-state index is 0.0139. The second-order valence-corrected chi connectivity index (χ2v) is 4.22. The highest BCUT2D eigenvalue weighted by molar-refractivity contribution is 9.10. The molecule has 0 aliphatic carbocycles. The van der Waals surface area contributed by atoms with Gasteiger partial charge >= 0.3 is 5.97 Å². The third-order valence-corrected chi connectivity index (χ3v) is 2.94. The average Bonchev–Trinajstić information content (AvgIpc) is 2.60. The SMILES string of the molecule is Cc1onc(-c2c(F)cccc2Br)c1C(=O)O. The van der Waals surface area contributed by atoms with Crippen molar-refractivity contribution >= 4 is 21.9 Å². The minimum Gasteiger partial charge on any atom is -0.477 e. The molecule has 0 amide bonds. The number of aromatic nitrogens is 1. The second-order valence-electron chi connectivity index (χ2n) is 3.36. The number of hydrogen-bond acceptors (Lipinski definition) is 3. The second kappa shape index (κ2) is 4.29. The van der Waals surface area contributed by atoms with Crippen molar-refractivity contribution < 1.29 is 18.8 Å². The maximum Gasteiger partial charge on any atom is 0.341 e. The number of carbonyl (C=O) groups is 1. The van der Waals surface area contributed by atoms with Crippen molar-refractivity contribution in [3.8, 4) is 11.3 Å². The van der Waals surface area contributed by atoms with Crippen LogP contribution >= 0.6 is 15.9 Å². The van der Waals surface area contributed by atoms with Crippen molar-refractivity contribution in [2.45, 2.75) is 6.92 Å². The van der Waals surface area contributed by atoms with Gasteiger partial charge in [0.15, 0.2) is 0 Å². The predicted octanol–water partition coefficient (Wildman–Crippen LogP) is 3.25. The molecular weight excluding hydrogens is 293 g/mol. The first kappa shape index (κ1) is 11.8. The number of benzene rings is 1. The molecule has 1 heterocycles. The van der Waals surface area contributed by atoms with Crippen LogP contribution in [0.5, 0.6) is 0 Å². The number of carboxylic acids is 1. The van der Waals surface area contributed by atoms with Crippen LogP contribution in [0.25, 0.3) is 11.3 Å². The van der Waals surface area contributed by atoms with Crippen LogP contribution in [0.3, 0.4) is 0 Å². The van der Waals surface area contributed by atoms with E-state index >= 15 is 0 Å². The molecule has 0 saturated carbocycles. The highest BCUT2D eigenvalue weighted by Crippen LogP contribution is 2.33. The van der Waals surface area contributed by atoms with E-state index in [1.807, 2.05) is 0 Å². The number of halogens is 2. The first-order valence-electron chi connectivity index (χ1n) is 4.66. The molecule has 2 aromatic rings. The summed E-state index contributed by atoms with van der Waals surface area (Å²) in [7, 11) is 0. The van der Waals surface area contributed by atoms with Gasteiger partial charge in [-0.05, 0) is 35.0 Å². The first-order chi connectivity index (χ1) is 8.02. The molecule has 0 bridgehead atoms. The zero-order valence-electron chi connectivity index (χ0n) is 8.70. The van der Waals surface area contributed by atoms with E-state index < -0.39 is 11.8 Å². The monoisotopic (exact) mass is 299 g/mol. The van der Waals surface area contributed by atoms with E-state index in [0.29, 0.717) is 4.47 Å². The van der Waals surface area contributed by atoms with Gasteiger partial charge in [-0.3, -0.25) is 0 Å². The lowest BCUT2D eigenvalue weighted by molar-refractivity contribution is 0.0696. The molecule has 1 N–H and O–H groups in total. The highest BCUT2D eigenvalue weighted by Gasteiger charge is 2.24. The summed E-state index contributed by atoms with van der Waals surface area (Å²) < 4.78 is 18.9. The predicted molar refractivity (Wildman–Crippen MR) is 61.3 cm³/mol.